The maximum atomic E-state index is 11.2. The lowest BCUT2D eigenvalue weighted by Crippen LogP contribution is -2.19. The van der Waals surface area contributed by atoms with Crippen LogP contribution in [0, 0.1) is 0 Å². The van der Waals surface area contributed by atoms with Crippen molar-refractivity contribution in [3.63, 3.8) is 0 Å². The molecule has 1 atom stereocenters. The molecule has 0 aliphatic heterocycles. The van der Waals surface area contributed by atoms with E-state index in [9.17, 15) is 9.59 Å². The van der Waals surface area contributed by atoms with E-state index in [0.29, 0.717) is 0 Å². The largest absolute Gasteiger partial charge is 0.509 e. The molecule has 0 amide bonds. The van der Waals surface area contributed by atoms with Crippen LogP contribution in [0.4, 0.5) is 4.79 Å². The number of carbonyl (C=O) groups is 2. The van der Waals surface area contributed by atoms with Gasteiger partial charge in [0.15, 0.2) is 4.84 Å². The fourth-order valence-electron chi connectivity index (χ4n) is 1.95. The Morgan fingerprint density at radius 2 is 1.30 bits per heavy atom. The van der Waals surface area contributed by atoms with E-state index in [1.165, 1.54) is 0 Å². The van der Waals surface area contributed by atoms with Gasteiger partial charge >= 0.3 is 12.1 Å². The number of carboxylic acid groups (broad SMARTS) is 1. The summed E-state index contributed by atoms with van der Waals surface area (Å²) in [5, 5.41) is 8.50. The summed E-state index contributed by atoms with van der Waals surface area (Å²) in [6.45, 7) is 0.285. The summed E-state index contributed by atoms with van der Waals surface area (Å²) in [4.78, 5) is 20.5. The molecule has 23 heavy (non-hydrogen) atoms. The van der Waals surface area contributed by atoms with E-state index in [1.54, 1.807) is 0 Å². The Bertz CT molecular complexity index is 326. The van der Waals surface area contributed by atoms with Gasteiger partial charge in [-0.2, -0.15) is 0 Å². The first-order valence-electron chi connectivity index (χ1n) is 7.91. The molecule has 0 rings (SSSR count). The standard InChI is InChI=1S/C15H25Cl3O5/c16-13(17)14(18)23-15(21)22-11-9-7-5-3-1-2-4-6-8-10-12(19)20/h13-14H,1-11H2,(H,19,20). The molecule has 5 nitrogen and oxygen atoms in total. The summed E-state index contributed by atoms with van der Waals surface area (Å²) in [5.74, 6) is -0.720. The number of unbranched alkanes of at least 4 members (excludes halogenated alkanes) is 8. The molecule has 0 fully saturated rings. The second kappa shape index (κ2) is 15.2. The molecule has 0 saturated heterocycles. The molecule has 0 aliphatic carbocycles. The predicted molar refractivity (Wildman–Crippen MR) is 91.4 cm³/mol. The van der Waals surface area contributed by atoms with Gasteiger partial charge in [0.05, 0.1) is 6.61 Å². The van der Waals surface area contributed by atoms with Crippen molar-refractivity contribution in [2.24, 2.45) is 0 Å². The molecular formula is C15H25Cl3O5. The van der Waals surface area contributed by atoms with Crippen LogP contribution >= 0.6 is 34.8 Å². The van der Waals surface area contributed by atoms with Crippen molar-refractivity contribution in [2.75, 3.05) is 6.61 Å². The number of aliphatic carboxylic acids is 1. The number of halogens is 3. The molecule has 0 bridgehead atoms. The number of ether oxygens (including phenoxy) is 2. The molecule has 0 spiro atoms. The summed E-state index contributed by atoms with van der Waals surface area (Å²) >= 11 is 16.4. The molecule has 8 heteroatoms. The van der Waals surface area contributed by atoms with E-state index in [-0.39, 0.29) is 13.0 Å². The molecule has 136 valence electrons. The molecule has 1 unspecified atom stereocenters. The van der Waals surface area contributed by atoms with E-state index in [4.69, 9.17) is 44.6 Å². The van der Waals surface area contributed by atoms with Crippen molar-refractivity contribution in [3.8, 4) is 0 Å². The van der Waals surface area contributed by atoms with Gasteiger partial charge in [-0.15, -0.1) is 0 Å². The zero-order valence-corrected chi connectivity index (χ0v) is 15.4. The van der Waals surface area contributed by atoms with Crippen LogP contribution < -0.4 is 0 Å². The van der Waals surface area contributed by atoms with Crippen molar-refractivity contribution in [3.05, 3.63) is 0 Å². The van der Waals surface area contributed by atoms with Gasteiger partial charge in [0.1, 0.15) is 0 Å². The van der Waals surface area contributed by atoms with Crippen molar-refractivity contribution >= 4 is 46.9 Å². The number of alkyl halides is 3. The van der Waals surface area contributed by atoms with Gasteiger partial charge in [-0.3, -0.25) is 4.79 Å². The molecule has 0 aromatic rings. The van der Waals surface area contributed by atoms with Crippen LogP contribution in [0.3, 0.4) is 0 Å². The first kappa shape index (κ1) is 22.6. The minimum atomic E-state index is -1.11. The fourth-order valence-corrected chi connectivity index (χ4v) is 2.12. The fraction of sp³-hybridized carbons (Fsp3) is 0.867. The number of rotatable bonds is 14. The zero-order valence-electron chi connectivity index (χ0n) is 13.1. The average molecular weight is 392 g/mol. The van der Waals surface area contributed by atoms with Gasteiger partial charge in [0.25, 0.3) is 0 Å². The molecule has 0 aromatic heterocycles. The van der Waals surface area contributed by atoms with Crippen LogP contribution in [-0.4, -0.2) is 34.2 Å². The Balaban J connectivity index is 3.24. The second-order valence-electron chi connectivity index (χ2n) is 5.23. The van der Waals surface area contributed by atoms with E-state index in [0.717, 1.165) is 57.8 Å². The molecular weight excluding hydrogens is 367 g/mol. The van der Waals surface area contributed by atoms with E-state index in [2.05, 4.69) is 4.74 Å². The minimum absolute atomic E-state index is 0.267. The number of hydrogen-bond acceptors (Lipinski definition) is 4. The molecule has 0 saturated carbocycles. The van der Waals surface area contributed by atoms with Crippen molar-refractivity contribution in [1.29, 1.82) is 0 Å². The highest BCUT2D eigenvalue weighted by Crippen LogP contribution is 2.16. The Morgan fingerprint density at radius 1 is 0.826 bits per heavy atom. The van der Waals surface area contributed by atoms with Crippen LogP contribution in [0.25, 0.3) is 0 Å². The normalized spacial score (nSPS) is 12.2. The van der Waals surface area contributed by atoms with Gasteiger partial charge in [0.2, 0.25) is 5.56 Å². The van der Waals surface area contributed by atoms with E-state index in [1.807, 2.05) is 0 Å². The van der Waals surface area contributed by atoms with Crippen molar-refractivity contribution < 1.29 is 24.2 Å². The lowest BCUT2D eigenvalue weighted by Gasteiger charge is -2.11. The molecule has 0 heterocycles. The van der Waals surface area contributed by atoms with Crippen molar-refractivity contribution in [1.82, 2.24) is 0 Å². The molecule has 0 aliphatic rings. The summed E-state index contributed by atoms with van der Waals surface area (Å²) in [5.41, 5.74) is -1.11. The molecule has 1 N–H and O–H groups in total. The maximum absolute atomic E-state index is 11.2. The highest BCUT2D eigenvalue weighted by molar-refractivity contribution is 6.48. The zero-order chi connectivity index (χ0) is 17.5. The van der Waals surface area contributed by atoms with E-state index < -0.39 is 22.5 Å². The van der Waals surface area contributed by atoms with Crippen LogP contribution in [0.1, 0.15) is 64.2 Å². The minimum Gasteiger partial charge on any atom is -0.481 e. The van der Waals surface area contributed by atoms with Crippen LogP contribution in [0.15, 0.2) is 0 Å². The van der Waals surface area contributed by atoms with Crippen molar-refractivity contribution in [2.45, 2.75) is 74.6 Å². The average Bonchev–Trinajstić information content (AvgIpc) is 2.47. The van der Waals surface area contributed by atoms with Gasteiger partial charge in [-0.25, -0.2) is 4.79 Å². The number of carbonyl (C=O) groups excluding carboxylic acids is 1. The third kappa shape index (κ3) is 16.3. The quantitative estimate of drug-likeness (QED) is 0.241. The Labute approximate surface area is 152 Å². The topological polar surface area (TPSA) is 72.8 Å². The lowest BCUT2D eigenvalue weighted by molar-refractivity contribution is -0.137. The Morgan fingerprint density at radius 3 is 1.78 bits per heavy atom. The lowest BCUT2D eigenvalue weighted by atomic mass is 10.1. The second-order valence-corrected chi connectivity index (χ2v) is 6.82. The monoisotopic (exact) mass is 390 g/mol. The van der Waals surface area contributed by atoms with Crippen LogP contribution in [-0.2, 0) is 14.3 Å². The van der Waals surface area contributed by atoms with Gasteiger partial charge in [0, 0.05) is 6.42 Å². The SMILES string of the molecule is O=C(O)CCCCCCCCCCCOC(=O)OC(Cl)C(Cl)Cl. The summed E-state index contributed by atoms with van der Waals surface area (Å²) < 4.78 is 9.47. The Kier molecular flexibility index (Phi) is 14.9. The summed E-state index contributed by atoms with van der Waals surface area (Å²) in [7, 11) is 0. The highest BCUT2D eigenvalue weighted by atomic mass is 35.5. The molecule has 0 aromatic carbocycles. The first-order chi connectivity index (χ1) is 10.9. The third-order valence-corrected chi connectivity index (χ3v) is 4.22. The first-order valence-corrected chi connectivity index (χ1v) is 9.22. The third-order valence-electron chi connectivity index (χ3n) is 3.16. The highest BCUT2D eigenvalue weighted by Gasteiger charge is 2.19. The van der Waals surface area contributed by atoms with Gasteiger partial charge in [-0.1, -0.05) is 79.7 Å². The van der Waals surface area contributed by atoms with Crippen LogP contribution in [0.5, 0.6) is 0 Å². The summed E-state index contributed by atoms with van der Waals surface area (Å²) in [6, 6.07) is 0. The van der Waals surface area contributed by atoms with Gasteiger partial charge < -0.3 is 14.6 Å². The Hall–Kier alpha value is -0.390. The number of hydrogen-bond donors (Lipinski definition) is 1. The van der Waals surface area contributed by atoms with Crippen LogP contribution in [0.2, 0.25) is 0 Å². The number of carboxylic acids is 1. The predicted octanol–water partition coefficient (Wildman–Crippen LogP) is 5.49. The smallest absolute Gasteiger partial charge is 0.481 e. The maximum Gasteiger partial charge on any atom is 0.509 e. The molecule has 0 radical (unpaired) electrons. The van der Waals surface area contributed by atoms with E-state index >= 15 is 0 Å². The summed E-state index contributed by atoms with van der Waals surface area (Å²) in [6.07, 6.45) is 8.48. The van der Waals surface area contributed by atoms with Gasteiger partial charge in [-0.05, 0) is 12.8 Å².